The second-order valence-corrected chi connectivity index (χ2v) is 4.24. The van der Waals surface area contributed by atoms with E-state index in [-0.39, 0.29) is 24.1 Å². The number of hydrazine groups is 1. The minimum Gasteiger partial charge on any atom is -0.380 e. The van der Waals surface area contributed by atoms with E-state index in [9.17, 15) is 8.78 Å². The number of hydrogen-bond donors (Lipinski definition) is 2. The first kappa shape index (κ1) is 15.0. The molecule has 0 saturated carbocycles. The molecule has 0 spiro atoms. The highest BCUT2D eigenvalue weighted by Gasteiger charge is 2.22. The van der Waals surface area contributed by atoms with Crippen molar-refractivity contribution in [1.29, 1.82) is 0 Å². The highest BCUT2D eigenvalue weighted by molar-refractivity contribution is 5.21. The van der Waals surface area contributed by atoms with Crippen molar-refractivity contribution in [2.45, 2.75) is 38.3 Å². The van der Waals surface area contributed by atoms with Gasteiger partial charge in [0.15, 0.2) is 0 Å². The largest absolute Gasteiger partial charge is 0.380 e. The smallest absolute Gasteiger partial charge is 0.129 e. The average molecular weight is 258 g/mol. The van der Waals surface area contributed by atoms with E-state index in [1.54, 1.807) is 7.11 Å². The second-order valence-electron chi connectivity index (χ2n) is 4.24. The zero-order valence-electron chi connectivity index (χ0n) is 10.7. The number of benzene rings is 1. The van der Waals surface area contributed by atoms with Gasteiger partial charge in [0.2, 0.25) is 0 Å². The van der Waals surface area contributed by atoms with Crippen LogP contribution in [-0.2, 0) is 11.2 Å². The van der Waals surface area contributed by atoms with Crippen molar-refractivity contribution in [1.82, 2.24) is 5.43 Å². The van der Waals surface area contributed by atoms with Gasteiger partial charge in [-0.1, -0.05) is 19.4 Å². The minimum atomic E-state index is -0.554. The van der Waals surface area contributed by atoms with Crippen molar-refractivity contribution in [3.63, 3.8) is 0 Å². The summed E-state index contributed by atoms with van der Waals surface area (Å²) in [6.07, 6.45) is 1.68. The van der Waals surface area contributed by atoms with Gasteiger partial charge in [0.05, 0.1) is 12.1 Å². The van der Waals surface area contributed by atoms with Gasteiger partial charge >= 0.3 is 0 Å². The maximum atomic E-state index is 13.6. The Bertz CT molecular complexity index is 354. The van der Waals surface area contributed by atoms with E-state index in [0.717, 1.165) is 12.8 Å². The van der Waals surface area contributed by atoms with E-state index in [2.05, 4.69) is 5.43 Å². The lowest BCUT2D eigenvalue weighted by Crippen LogP contribution is -2.46. The van der Waals surface area contributed by atoms with Crippen molar-refractivity contribution in [2.75, 3.05) is 7.11 Å². The molecular weight excluding hydrogens is 238 g/mol. The first-order valence-electron chi connectivity index (χ1n) is 6.05. The summed E-state index contributed by atoms with van der Waals surface area (Å²) in [5, 5.41) is 0. The van der Waals surface area contributed by atoms with Crippen LogP contribution < -0.4 is 11.3 Å². The van der Waals surface area contributed by atoms with Crippen LogP contribution in [0.1, 0.15) is 25.3 Å². The Labute approximate surface area is 106 Å². The van der Waals surface area contributed by atoms with Crippen LogP contribution in [0, 0.1) is 11.6 Å². The van der Waals surface area contributed by atoms with Crippen molar-refractivity contribution in [3.05, 3.63) is 35.4 Å². The van der Waals surface area contributed by atoms with Gasteiger partial charge in [0.1, 0.15) is 11.6 Å². The van der Waals surface area contributed by atoms with Crippen LogP contribution in [0.15, 0.2) is 18.2 Å². The molecule has 1 aromatic rings. The first-order chi connectivity index (χ1) is 8.63. The summed E-state index contributed by atoms with van der Waals surface area (Å²) in [6, 6.07) is 3.52. The molecule has 5 heteroatoms. The van der Waals surface area contributed by atoms with Crippen LogP contribution in [0.3, 0.4) is 0 Å². The molecule has 0 fully saturated rings. The molecule has 3 nitrogen and oxygen atoms in total. The fraction of sp³-hybridized carbons (Fsp3) is 0.538. The molecule has 102 valence electrons. The molecule has 2 atom stereocenters. The van der Waals surface area contributed by atoms with Crippen molar-refractivity contribution in [3.8, 4) is 0 Å². The molecular formula is C13H20F2N2O. The van der Waals surface area contributed by atoms with Gasteiger partial charge in [-0.3, -0.25) is 11.3 Å². The topological polar surface area (TPSA) is 47.3 Å². The lowest BCUT2D eigenvalue weighted by molar-refractivity contribution is 0.0604. The Hall–Kier alpha value is -1.04. The summed E-state index contributed by atoms with van der Waals surface area (Å²) >= 11 is 0. The van der Waals surface area contributed by atoms with Gasteiger partial charge in [-0.2, -0.15) is 0 Å². The van der Waals surface area contributed by atoms with E-state index in [1.165, 1.54) is 18.2 Å². The highest BCUT2D eigenvalue weighted by Crippen LogP contribution is 2.17. The molecule has 0 aromatic heterocycles. The van der Waals surface area contributed by atoms with E-state index in [0.29, 0.717) is 0 Å². The summed E-state index contributed by atoms with van der Waals surface area (Å²) in [5.41, 5.74) is 2.62. The van der Waals surface area contributed by atoms with Gasteiger partial charge in [-0.25, -0.2) is 8.78 Å². The molecule has 3 N–H and O–H groups in total. The Morgan fingerprint density at radius 1 is 1.33 bits per heavy atom. The fourth-order valence-corrected chi connectivity index (χ4v) is 2.01. The number of ether oxygens (including phenoxy) is 1. The Kier molecular flexibility index (Phi) is 6.18. The van der Waals surface area contributed by atoms with Crippen LogP contribution in [0.25, 0.3) is 0 Å². The highest BCUT2D eigenvalue weighted by atomic mass is 19.1. The van der Waals surface area contributed by atoms with Gasteiger partial charge in [0.25, 0.3) is 0 Å². The lowest BCUT2D eigenvalue weighted by Gasteiger charge is -2.25. The van der Waals surface area contributed by atoms with Crippen molar-refractivity contribution >= 4 is 0 Å². The maximum Gasteiger partial charge on any atom is 0.129 e. The number of halogens is 2. The molecule has 0 aliphatic heterocycles. The molecule has 0 heterocycles. The normalized spacial score (nSPS) is 14.5. The fourth-order valence-electron chi connectivity index (χ4n) is 2.01. The standard InChI is InChI=1S/C13H20F2N2O/c1-3-5-13(18-2)12(17-16)8-9-10(14)6-4-7-11(9)15/h4,6-7,12-13,17H,3,5,8,16H2,1-2H3. The molecule has 0 aliphatic carbocycles. The quantitative estimate of drug-likeness (QED) is 0.582. The van der Waals surface area contributed by atoms with Crippen LogP contribution in [-0.4, -0.2) is 19.3 Å². The van der Waals surface area contributed by atoms with Crippen LogP contribution >= 0.6 is 0 Å². The molecule has 1 rings (SSSR count). The maximum absolute atomic E-state index is 13.6. The monoisotopic (exact) mass is 258 g/mol. The predicted octanol–water partition coefficient (Wildman–Crippen LogP) is 2.15. The minimum absolute atomic E-state index is 0.0404. The van der Waals surface area contributed by atoms with Gasteiger partial charge in [0, 0.05) is 12.7 Å². The predicted molar refractivity (Wildman–Crippen MR) is 66.9 cm³/mol. The molecule has 0 radical (unpaired) electrons. The number of nitrogens with two attached hydrogens (primary N) is 1. The lowest BCUT2D eigenvalue weighted by atomic mass is 9.98. The zero-order chi connectivity index (χ0) is 13.5. The molecule has 18 heavy (non-hydrogen) atoms. The Balaban J connectivity index is 2.85. The van der Waals surface area contributed by atoms with Crippen LogP contribution in [0.4, 0.5) is 8.78 Å². The summed E-state index contributed by atoms with van der Waals surface area (Å²) in [6.45, 7) is 2.02. The Morgan fingerprint density at radius 2 is 1.94 bits per heavy atom. The van der Waals surface area contributed by atoms with E-state index >= 15 is 0 Å². The Morgan fingerprint density at radius 3 is 2.39 bits per heavy atom. The van der Waals surface area contributed by atoms with Gasteiger partial charge in [-0.15, -0.1) is 0 Å². The van der Waals surface area contributed by atoms with Crippen molar-refractivity contribution < 1.29 is 13.5 Å². The summed E-state index contributed by atoms with van der Waals surface area (Å²) in [7, 11) is 1.57. The molecule has 0 saturated heterocycles. The summed E-state index contributed by atoms with van der Waals surface area (Å²) < 4.78 is 32.4. The number of hydrogen-bond acceptors (Lipinski definition) is 3. The van der Waals surface area contributed by atoms with E-state index < -0.39 is 11.6 Å². The molecule has 0 bridgehead atoms. The second kappa shape index (κ2) is 7.41. The van der Waals surface area contributed by atoms with Crippen LogP contribution in [0.2, 0.25) is 0 Å². The number of methoxy groups -OCH3 is 1. The number of nitrogens with one attached hydrogen (secondary N) is 1. The van der Waals surface area contributed by atoms with E-state index in [1.807, 2.05) is 6.92 Å². The SMILES string of the molecule is CCCC(OC)C(Cc1c(F)cccc1F)NN. The third-order valence-corrected chi connectivity index (χ3v) is 3.02. The zero-order valence-corrected chi connectivity index (χ0v) is 10.7. The van der Waals surface area contributed by atoms with Crippen molar-refractivity contribution in [2.24, 2.45) is 5.84 Å². The van der Waals surface area contributed by atoms with E-state index in [4.69, 9.17) is 10.6 Å². The average Bonchev–Trinajstić information content (AvgIpc) is 2.36. The molecule has 0 aliphatic rings. The summed E-state index contributed by atoms with van der Waals surface area (Å²) in [5.74, 6) is 4.34. The summed E-state index contributed by atoms with van der Waals surface area (Å²) in [4.78, 5) is 0. The first-order valence-corrected chi connectivity index (χ1v) is 6.05. The molecule has 1 aromatic carbocycles. The molecule has 2 unspecified atom stereocenters. The van der Waals surface area contributed by atoms with Gasteiger partial charge in [-0.05, 0) is 25.0 Å². The third kappa shape index (κ3) is 3.73. The van der Waals surface area contributed by atoms with Gasteiger partial charge < -0.3 is 4.74 Å². The third-order valence-electron chi connectivity index (χ3n) is 3.02. The van der Waals surface area contributed by atoms with Crippen LogP contribution in [0.5, 0.6) is 0 Å². The molecule has 0 amide bonds. The number of rotatable bonds is 7.